The first kappa shape index (κ1) is 30.5. The highest BCUT2D eigenvalue weighted by atomic mass is 28.4. The van der Waals surface area contributed by atoms with Gasteiger partial charge in [0, 0.05) is 5.57 Å². The van der Waals surface area contributed by atoms with Crippen molar-refractivity contribution in [2.75, 3.05) is 0 Å². The molecule has 1 rings (SSSR count). The van der Waals surface area contributed by atoms with E-state index in [9.17, 15) is 57.1 Å². The maximum atomic E-state index is 15.0. The Morgan fingerprint density at radius 2 is 1.09 bits per heavy atom. The van der Waals surface area contributed by atoms with Crippen LogP contribution in [0.5, 0.6) is 0 Å². The molecule has 0 fully saturated rings. The van der Waals surface area contributed by atoms with E-state index in [-0.39, 0.29) is 0 Å². The number of hydrogen-bond donors (Lipinski definition) is 0. The maximum absolute atomic E-state index is 15.0. The van der Waals surface area contributed by atoms with Gasteiger partial charge >= 0.3 is 35.8 Å². The molecule has 0 aliphatic carbocycles. The average Bonchev–Trinajstić information content (AvgIpc) is 2.65. The second-order valence-corrected chi connectivity index (χ2v) is 15.0. The number of allylic oxidation sites excluding steroid dienone is 2. The Kier molecular flexibility index (Phi) is 8.20. The monoisotopic (exact) mass is 554 g/mol. The standard InChI is InChI=1S/C18H19F13OSi2/c1-10(33-32-34(2,3)4)12(11-8-6-5-7-9-11)13(19,20)14(21,22)15(23,24)16(25,26)17(27,28)18(29,30)31/h5-9H,33H2,1-4H3. The summed E-state index contributed by atoms with van der Waals surface area (Å²) in [5, 5.41) is -0.722. The van der Waals surface area contributed by atoms with Gasteiger partial charge in [0.15, 0.2) is 18.1 Å². The summed E-state index contributed by atoms with van der Waals surface area (Å²) in [6.45, 7) is 5.47. The van der Waals surface area contributed by atoms with E-state index in [2.05, 4.69) is 0 Å². The van der Waals surface area contributed by atoms with Crippen molar-refractivity contribution in [3.05, 3.63) is 41.1 Å². The lowest BCUT2D eigenvalue weighted by molar-refractivity contribution is -0.435. The molecule has 0 saturated heterocycles. The predicted molar refractivity (Wildman–Crippen MR) is 103 cm³/mol. The first-order valence-corrected chi connectivity index (χ1v) is 13.9. The molecule has 0 aliphatic rings. The number of alkyl halides is 13. The third-order valence-corrected chi connectivity index (χ3v) is 9.29. The zero-order chi connectivity index (χ0) is 27.2. The van der Waals surface area contributed by atoms with Gasteiger partial charge in [-0.1, -0.05) is 35.5 Å². The minimum Gasteiger partial charge on any atom is -0.457 e. The van der Waals surface area contributed by atoms with Gasteiger partial charge in [-0.05, 0) is 32.1 Å². The smallest absolute Gasteiger partial charge is 0.457 e. The number of rotatable bonds is 9. The van der Waals surface area contributed by atoms with E-state index in [1.54, 1.807) is 19.6 Å². The Hall–Kier alpha value is -1.56. The van der Waals surface area contributed by atoms with Crippen LogP contribution in [0.3, 0.4) is 0 Å². The molecule has 0 bridgehead atoms. The summed E-state index contributed by atoms with van der Waals surface area (Å²) < 4.78 is 183. The summed E-state index contributed by atoms with van der Waals surface area (Å²) in [5.74, 6) is -37.2. The Balaban J connectivity index is 3.81. The summed E-state index contributed by atoms with van der Waals surface area (Å²) in [4.78, 5) is 0. The van der Waals surface area contributed by atoms with E-state index >= 15 is 0 Å². The van der Waals surface area contributed by atoms with Crippen molar-refractivity contribution in [3.63, 3.8) is 0 Å². The molecule has 1 aromatic rings. The molecule has 0 radical (unpaired) electrons. The molecule has 16 heteroatoms. The van der Waals surface area contributed by atoms with Crippen LogP contribution in [0.2, 0.25) is 19.6 Å². The Morgan fingerprint density at radius 1 is 0.676 bits per heavy atom. The van der Waals surface area contributed by atoms with Gasteiger partial charge in [0.05, 0.1) is 0 Å². The maximum Gasteiger partial charge on any atom is 0.460 e. The molecular formula is C18H19F13OSi2. The van der Waals surface area contributed by atoms with Crippen LogP contribution in [0.15, 0.2) is 35.5 Å². The SMILES string of the molecule is CC([SiH2]O[Si](C)(C)C)=C(c1ccccc1)C(F)(F)C(F)(F)C(F)(F)C(F)(F)C(F)(F)C(F)(F)F. The largest absolute Gasteiger partial charge is 0.460 e. The third kappa shape index (κ3) is 5.17. The van der Waals surface area contributed by atoms with Crippen LogP contribution in [0.1, 0.15) is 12.5 Å². The molecule has 0 aromatic heterocycles. The molecule has 0 aliphatic heterocycles. The normalized spacial score (nSPS) is 16.3. The van der Waals surface area contributed by atoms with Crippen molar-refractivity contribution in [2.45, 2.75) is 62.4 Å². The van der Waals surface area contributed by atoms with Gasteiger partial charge in [-0.3, -0.25) is 0 Å². The minimum atomic E-state index is -7.94. The van der Waals surface area contributed by atoms with Gasteiger partial charge in [0.1, 0.15) is 0 Å². The van der Waals surface area contributed by atoms with E-state index < -0.39 is 70.2 Å². The zero-order valence-corrected chi connectivity index (χ0v) is 20.3. The summed E-state index contributed by atoms with van der Waals surface area (Å²) in [6.07, 6.45) is -7.45. The average molecular weight is 554 g/mol. The van der Waals surface area contributed by atoms with Gasteiger partial charge in [-0.15, -0.1) is 0 Å². The Bertz CT molecular complexity index is 887. The van der Waals surface area contributed by atoms with E-state index in [4.69, 9.17) is 4.12 Å². The lowest BCUT2D eigenvalue weighted by Crippen LogP contribution is -2.70. The van der Waals surface area contributed by atoms with Gasteiger partial charge in [-0.25, -0.2) is 0 Å². The van der Waals surface area contributed by atoms with Gasteiger partial charge < -0.3 is 4.12 Å². The molecule has 0 atom stereocenters. The van der Waals surface area contributed by atoms with Crippen LogP contribution in [-0.4, -0.2) is 53.9 Å². The van der Waals surface area contributed by atoms with Gasteiger partial charge in [0.2, 0.25) is 0 Å². The van der Waals surface area contributed by atoms with Crippen molar-refractivity contribution in [1.82, 2.24) is 0 Å². The molecule has 0 amide bonds. The van der Waals surface area contributed by atoms with Crippen LogP contribution in [-0.2, 0) is 4.12 Å². The summed E-state index contributed by atoms with van der Waals surface area (Å²) in [7, 11) is -4.84. The molecule has 0 unspecified atom stereocenters. The first-order valence-electron chi connectivity index (χ1n) is 9.21. The summed E-state index contributed by atoms with van der Waals surface area (Å²) in [5.41, 5.74) is -2.79. The van der Waals surface area contributed by atoms with Crippen LogP contribution in [0.25, 0.3) is 5.57 Å². The molecule has 1 nitrogen and oxygen atoms in total. The molecule has 0 N–H and O–H groups in total. The van der Waals surface area contributed by atoms with Crippen LogP contribution in [0, 0.1) is 0 Å². The minimum absolute atomic E-state index is 0.722. The molecule has 196 valence electrons. The molecule has 1 aromatic carbocycles. The quantitative estimate of drug-likeness (QED) is 0.234. The lowest BCUT2D eigenvalue weighted by Gasteiger charge is -2.40. The van der Waals surface area contributed by atoms with Crippen LogP contribution < -0.4 is 0 Å². The molecule has 0 heterocycles. The van der Waals surface area contributed by atoms with Crippen LogP contribution in [0.4, 0.5) is 57.1 Å². The van der Waals surface area contributed by atoms with Crippen LogP contribution >= 0.6 is 0 Å². The van der Waals surface area contributed by atoms with E-state index in [1.165, 1.54) is 6.07 Å². The number of halogens is 13. The molecular weight excluding hydrogens is 535 g/mol. The van der Waals surface area contributed by atoms with E-state index in [1.807, 2.05) is 0 Å². The van der Waals surface area contributed by atoms with Gasteiger partial charge in [0.25, 0.3) is 0 Å². The van der Waals surface area contributed by atoms with Crippen molar-refractivity contribution < 1.29 is 61.2 Å². The molecule has 34 heavy (non-hydrogen) atoms. The fourth-order valence-corrected chi connectivity index (χ4v) is 5.79. The third-order valence-electron chi connectivity index (χ3n) is 4.46. The van der Waals surface area contributed by atoms with E-state index in [0.29, 0.717) is 0 Å². The molecule has 0 saturated carbocycles. The highest BCUT2D eigenvalue weighted by molar-refractivity contribution is 6.74. The fraction of sp³-hybridized carbons (Fsp3) is 0.556. The summed E-state index contributed by atoms with van der Waals surface area (Å²) >= 11 is 0. The second-order valence-electron chi connectivity index (χ2n) is 8.29. The molecule has 0 spiro atoms. The van der Waals surface area contributed by atoms with Crippen molar-refractivity contribution >= 4 is 23.7 Å². The number of benzene rings is 1. The fourth-order valence-electron chi connectivity index (χ4n) is 2.62. The van der Waals surface area contributed by atoms with Gasteiger partial charge in [-0.2, -0.15) is 57.1 Å². The predicted octanol–water partition coefficient (Wildman–Crippen LogP) is 7.09. The van der Waals surface area contributed by atoms with Crippen molar-refractivity contribution in [3.8, 4) is 0 Å². The van der Waals surface area contributed by atoms with Crippen molar-refractivity contribution in [1.29, 1.82) is 0 Å². The van der Waals surface area contributed by atoms with E-state index in [0.717, 1.165) is 31.2 Å². The number of hydrogen-bond acceptors (Lipinski definition) is 1. The first-order chi connectivity index (χ1) is 14.9. The van der Waals surface area contributed by atoms with Crippen molar-refractivity contribution in [2.24, 2.45) is 0 Å². The Morgan fingerprint density at radius 3 is 1.47 bits per heavy atom. The Labute approximate surface area is 189 Å². The zero-order valence-electron chi connectivity index (χ0n) is 17.9. The second kappa shape index (κ2) is 9.15. The highest BCUT2D eigenvalue weighted by Crippen LogP contribution is 2.62. The lowest BCUT2D eigenvalue weighted by atomic mass is 9.87. The topological polar surface area (TPSA) is 9.23 Å². The summed E-state index contributed by atoms with van der Waals surface area (Å²) in [6, 6.07) is 4.67. The highest BCUT2D eigenvalue weighted by Gasteiger charge is 2.91.